The van der Waals surface area contributed by atoms with Crippen LogP contribution in [0, 0.1) is 11.6 Å². The number of hydrogen-bond donors (Lipinski definition) is 2. The molecule has 0 unspecified atom stereocenters. The number of pyridine rings is 1. The van der Waals surface area contributed by atoms with Crippen LogP contribution in [-0.2, 0) is 4.79 Å². The van der Waals surface area contributed by atoms with E-state index in [9.17, 15) is 13.6 Å². The zero-order valence-corrected chi connectivity index (χ0v) is 12.0. The average Bonchev–Trinajstić information content (AvgIpc) is 2.40. The highest BCUT2D eigenvalue weighted by molar-refractivity contribution is 5.81. The maximum atomic E-state index is 13.8. The fourth-order valence-corrected chi connectivity index (χ4v) is 1.73. The number of rotatable bonds is 7. The van der Waals surface area contributed by atoms with Crippen molar-refractivity contribution in [3.05, 3.63) is 17.7 Å². The van der Waals surface area contributed by atoms with Crippen LogP contribution in [0.15, 0.2) is 6.07 Å². The summed E-state index contributed by atoms with van der Waals surface area (Å²) < 4.78 is 27.3. The number of halogens is 2. The van der Waals surface area contributed by atoms with E-state index in [1.807, 2.05) is 0 Å². The lowest BCUT2D eigenvalue weighted by Gasteiger charge is -2.22. The van der Waals surface area contributed by atoms with Crippen molar-refractivity contribution in [2.24, 2.45) is 0 Å². The van der Waals surface area contributed by atoms with Gasteiger partial charge in [-0.2, -0.15) is 0 Å². The summed E-state index contributed by atoms with van der Waals surface area (Å²) in [7, 11) is 0. The van der Waals surface area contributed by atoms with Gasteiger partial charge in [0, 0.05) is 25.7 Å². The molecule has 7 heteroatoms. The molecule has 0 radical (unpaired) electrons. The molecule has 0 saturated carbocycles. The standard InChI is InChI=1S/C13H20F2N4O/c1-4-16-11(20)8-19(6-3)13-10(15)7-9(14)12(18-13)17-5-2/h7H,4-6,8H2,1-3H3,(H,16,20)(H,17,18). The van der Waals surface area contributed by atoms with Crippen molar-refractivity contribution in [2.45, 2.75) is 20.8 Å². The lowest BCUT2D eigenvalue weighted by Crippen LogP contribution is -2.38. The Morgan fingerprint density at radius 3 is 2.50 bits per heavy atom. The second kappa shape index (κ2) is 7.62. The van der Waals surface area contributed by atoms with Gasteiger partial charge >= 0.3 is 0 Å². The molecule has 5 nitrogen and oxygen atoms in total. The minimum atomic E-state index is -0.782. The Kier molecular flexibility index (Phi) is 6.14. The van der Waals surface area contributed by atoms with Crippen LogP contribution >= 0.6 is 0 Å². The predicted molar refractivity (Wildman–Crippen MR) is 74.9 cm³/mol. The molecule has 2 N–H and O–H groups in total. The van der Waals surface area contributed by atoms with Crippen LogP contribution in [0.4, 0.5) is 20.4 Å². The molecule has 20 heavy (non-hydrogen) atoms. The monoisotopic (exact) mass is 286 g/mol. The molecule has 0 aromatic carbocycles. The van der Waals surface area contributed by atoms with Crippen molar-refractivity contribution < 1.29 is 13.6 Å². The van der Waals surface area contributed by atoms with E-state index < -0.39 is 11.6 Å². The fourth-order valence-electron chi connectivity index (χ4n) is 1.73. The summed E-state index contributed by atoms with van der Waals surface area (Å²) in [5, 5.41) is 5.35. The Bertz CT molecular complexity index is 468. The van der Waals surface area contributed by atoms with Crippen LogP contribution in [0.5, 0.6) is 0 Å². The summed E-state index contributed by atoms with van der Waals surface area (Å²) in [6.07, 6.45) is 0. The topological polar surface area (TPSA) is 57.3 Å². The minimum Gasteiger partial charge on any atom is -0.368 e. The Balaban J connectivity index is 3.01. The first-order valence-corrected chi connectivity index (χ1v) is 6.64. The van der Waals surface area contributed by atoms with E-state index in [2.05, 4.69) is 15.6 Å². The minimum absolute atomic E-state index is 0.0155. The largest absolute Gasteiger partial charge is 0.368 e. The van der Waals surface area contributed by atoms with Gasteiger partial charge in [-0.15, -0.1) is 0 Å². The summed E-state index contributed by atoms with van der Waals surface area (Å²) in [6, 6.07) is 0.778. The van der Waals surface area contributed by atoms with Crippen molar-refractivity contribution in [3.8, 4) is 0 Å². The van der Waals surface area contributed by atoms with E-state index in [-0.39, 0.29) is 24.1 Å². The normalized spacial score (nSPS) is 10.2. The van der Waals surface area contributed by atoms with Crippen LogP contribution in [0.2, 0.25) is 0 Å². The van der Waals surface area contributed by atoms with Gasteiger partial charge < -0.3 is 15.5 Å². The second-order valence-electron chi connectivity index (χ2n) is 4.12. The highest BCUT2D eigenvalue weighted by Gasteiger charge is 2.18. The van der Waals surface area contributed by atoms with Gasteiger partial charge in [-0.05, 0) is 20.8 Å². The SMILES string of the molecule is CCNC(=O)CN(CC)c1nc(NCC)c(F)cc1F. The molecule has 112 valence electrons. The van der Waals surface area contributed by atoms with Gasteiger partial charge in [0.05, 0.1) is 6.54 Å². The number of aromatic nitrogens is 1. The maximum Gasteiger partial charge on any atom is 0.239 e. The molecule has 0 aliphatic heterocycles. The maximum absolute atomic E-state index is 13.8. The molecular formula is C13H20F2N4O. The second-order valence-corrected chi connectivity index (χ2v) is 4.12. The molecule has 0 bridgehead atoms. The molecule has 1 aromatic heterocycles. The van der Waals surface area contributed by atoms with Crippen LogP contribution in [-0.4, -0.2) is 37.1 Å². The number of carbonyl (C=O) groups excluding carboxylic acids is 1. The summed E-state index contributed by atoms with van der Waals surface area (Å²) >= 11 is 0. The lowest BCUT2D eigenvalue weighted by molar-refractivity contribution is -0.119. The highest BCUT2D eigenvalue weighted by atomic mass is 19.1. The van der Waals surface area contributed by atoms with Gasteiger partial charge in [-0.1, -0.05) is 0 Å². The molecule has 1 heterocycles. The zero-order chi connectivity index (χ0) is 15.1. The van der Waals surface area contributed by atoms with Crippen molar-refractivity contribution in [1.82, 2.24) is 10.3 Å². The highest BCUT2D eigenvalue weighted by Crippen LogP contribution is 2.22. The first-order valence-electron chi connectivity index (χ1n) is 6.64. The Morgan fingerprint density at radius 2 is 1.95 bits per heavy atom. The van der Waals surface area contributed by atoms with Gasteiger partial charge in [0.25, 0.3) is 0 Å². The van der Waals surface area contributed by atoms with E-state index in [0.717, 1.165) is 6.07 Å². The Labute approximate surface area is 117 Å². The third kappa shape index (κ3) is 4.04. The summed E-state index contributed by atoms with van der Waals surface area (Å²) in [4.78, 5) is 17.0. The van der Waals surface area contributed by atoms with Crippen LogP contribution < -0.4 is 15.5 Å². The molecule has 1 rings (SSSR count). The Hall–Kier alpha value is -1.92. The quantitative estimate of drug-likeness (QED) is 0.802. The number of hydrogen-bond acceptors (Lipinski definition) is 4. The van der Waals surface area contributed by atoms with E-state index >= 15 is 0 Å². The number of nitrogens with zero attached hydrogens (tertiary/aromatic N) is 2. The molecule has 1 aromatic rings. The van der Waals surface area contributed by atoms with Crippen LogP contribution in [0.25, 0.3) is 0 Å². The number of carbonyl (C=O) groups is 1. The molecule has 0 saturated heterocycles. The molecular weight excluding hydrogens is 266 g/mol. The van der Waals surface area contributed by atoms with Crippen molar-refractivity contribution in [2.75, 3.05) is 36.4 Å². The molecule has 0 aliphatic rings. The number of nitrogens with one attached hydrogen (secondary N) is 2. The third-order valence-electron chi connectivity index (χ3n) is 2.64. The number of anilines is 2. The molecule has 0 fully saturated rings. The fraction of sp³-hybridized carbons (Fsp3) is 0.538. The van der Waals surface area contributed by atoms with E-state index in [1.54, 1.807) is 20.8 Å². The van der Waals surface area contributed by atoms with Crippen molar-refractivity contribution in [3.63, 3.8) is 0 Å². The molecule has 0 spiro atoms. The average molecular weight is 286 g/mol. The third-order valence-corrected chi connectivity index (χ3v) is 2.64. The van der Waals surface area contributed by atoms with E-state index in [0.29, 0.717) is 19.6 Å². The zero-order valence-electron chi connectivity index (χ0n) is 12.0. The number of amides is 1. The lowest BCUT2D eigenvalue weighted by atomic mass is 10.3. The molecule has 0 atom stereocenters. The molecule has 0 aliphatic carbocycles. The van der Waals surface area contributed by atoms with Crippen LogP contribution in [0.1, 0.15) is 20.8 Å². The van der Waals surface area contributed by atoms with Gasteiger partial charge in [-0.25, -0.2) is 13.8 Å². The predicted octanol–water partition coefficient (Wildman–Crippen LogP) is 1.75. The van der Waals surface area contributed by atoms with Gasteiger partial charge in [0.1, 0.15) is 0 Å². The summed E-state index contributed by atoms with van der Waals surface area (Å²) in [5.41, 5.74) is 0. The van der Waals surface area contributed by atoms with Crippen molar-refractivity contribution >= 4 is 17.5 Å². The number of likely N-dealkylation sites (N-methyl/N-ethyl adjacent to an activating group) is 2. The summed E-state index contributed by atoms with van der Waals surface area (Å²) in [6.45, 7) is 6.70. The van der Waals surface area contributed by atoms with Crippen molar-refractivity contribution in [1.29, 1.82) is 0 Å². The van der Waals surface area contributed by atoms with E-state index in [1.165, 1.54) is 4.90 Å². The van der Waals surface area contributed by atoms with Gasteiger partial charge in [-0.3, -0.25) is 4.79 Å². The van der Waals surface area contributed by atoms with Gasteiger partial charge in [0.2, 0.25) is 5.91 Å². The van der Waals surface area contributed by atoms with Gasteiger partial charge in [0.15, 0.2) is 23.3 Å². The molecule has 1 amide bonds. The van der Waals surface area contributed by atoms with Crippen LogP contribution in [0.3, 0.4) is 0 Å². The Morgan fingerprint density at radius 1 is 1.25 bits per heavy atom. The summed E-state index contributed by atoms with van der Waals surface area (Å²) in [5.74, 6) is -1.81. The first-order chi connectivity index (χ1) is 9.53. The van der Waals surface area contributed by atoms with E-state index in [4.69, 9.17) is 0 Å². The smallest absolute Gasteiger partial charge is 0.239 e. The first kappa shape index (κ1) is 16.1.